The minimum atomic E-state index is -0.239. The van der Waals surface area contributed by atoms with Gasteiger partial charge < -0.3 is 19.8 Å². The molecule has 2 heterocycles. The highest BCUT2D eigenvalue weighted by atomic mass is 16.5. The molecule has 7 nitrogen and oxygen atoms in total. The summed E-state index contributed by atoms with van der Waals surface area (Å²) in [6, 6.07) is 16.7. The van der Waals surface area contributed by atoms with Gasteiger partial charge in [0.2, 0.25) is 0 Å². The molecule has 0 fully saturated rings. The number of H-pyrrole nitrogens is 1. The molecular weight excluding hydrogens is 428 g/mol. The average Bonchev–Trinajstić information content (AvgIpc) is 3.28. The van der Waals surface area contributed by atoms with E-state index in [0.29, 0.717) is 36.2 Å². The summed E-state index contributed by atoms with van der Waals surface area (Å²) in [5.41, 5.74) is 3.29. The zero-order valence-electron chi connectivity index (χ0n) is 19.7. The lowest BCUT2D eigenvalue weighted by Gasteiger charge is -2.19. The fraction of sp³-hybridized carbons (Fsp3) is 0.296. The van der Waals surface area contributed by atoms with E-state index >= 15 is 0 Å². The maximum Gasteiger partial charge on any atom is 0.252 e. The third-order valence-electron chi connectivity index (χ3n) is 5.37. The van der Waals surface area contributed by atoms with Crippen LogP contribution in [0.2, 0.25) is 0 Å². The molecule has 2 aromatic carbocycles. The first-order chi connectivity index (χ1) is 16.5. The van der Waals surface area contributed by atoms with E-state index in [1.807, 2.05) is 43.3 Å². The Hall–Kier alpha value is -3.87. The van der Waals surface area contributed by atoms with Crippen LogP contribution in [0.5, 0.6) is 11.5 Å². The molecule has 1 unspecified atom stereocenters. The molecule has 0 aliphatic carbocycles. The lowest BCUT2D eigenvalue weighted by molar-refractivity contribution is 0.0929. The summed E-state index contributed by atoms with van der Waals surface area (Å²) in [7, 11) is 0. The molecule has 0 bridgehead atoms. The lowest BCUT2D eigenvalue weighted by Crippen LogP contribution is -2.30. The van der Waals surface area contributed by atoms with Crippen molar-refractivity contribution in [2.75, 3.05) is 6.61 Å². The number of carbonyl (C=O) groups is 1. The van der Waals surface area contributed by atoms with Gasteiger partial charge in [0, 0.05) is 23.5 Å². The predicted molar refractivity (Wildman–Crippen MR) is 132 cm³/mol. The number of rotatable bonds is 10. The van der Waals surface area contributed by atoms with Crippen LogP contribution < -0.4 is 14.8 Å². The SMILES string of the molecule is CCOc1cc(C(=O)NC(CC(C)C)c2nc3ccccc3[nH]2)ccc1OCc1cccnc1. The first-order valence-electron chi connectivity index (χ1n) is 11.6. The van der Waals surface area contributed by atoms with Crippen molar-refractivity contribution in [2.24, 2.45) is 5.92 Å². The van der Waals surface area contributed by atoms with Crippen LogP contribution in [0.15, 0.2) is 67.0 Å². The Morgan fingerprint density at radius 3 is 2.65 bits per heavy atom. The van der Waals surface area contributed by atoms with Crippen molar-refractivity contribution in [3.8, 4) is 11.5 Å². The normalized spacial score (nSPS) is 12.0. The standard InChI is InChI=1S/C27H30N4O3/c1-4-33-25-15-20(11-12-24(25)34-17-19-8-7-13-28-16-19)27(32)31-23(14-18(2)3)26-29-21-9-5-6-10-22(21)30-26/h5-13,15-16,18,23H,4,14,17H2,1-3H3,(H,29,30)(H,31,32). The van der Waals surface area contributed by atoms with Crippen molar-refractivity contribution in [3.05, 3.63) is 83.9 Å². The van der Waals surface area contributed by atoms with Gasteiger partial charge in [-0.2, -0.15) is 0 Å². The molecule has 34 heavy (non-hydrogen) atoms. The largest absolute Gasteiger partial charge is 0.490 e. The van der Waals surface area contributed by atoms with Crippen LogP contribution in [0.25, 0.3) is 11.0 Å². The molecule has 0 radical (unpaired) electrons. The van der Waals surface area contributed by atoms with E-state index in [1.165, 1.54) is 0 Å². The molecule has 4 rings (SSSR count). The smallest absolute Gasteiger partial charge is 0.252 e. The Morgan fingerprint density at radius 2 is 1.91 bits per heavy atom. The van der Waals surface area contributed by atoms with Crippen LogP contribution in [0.3, 0.4) is 0 Å². The molecule has 2 aromatic heterocycles. The summed E-state index contributed by atoms with van der Waals surface area (Å²) in [4.78, 5) is 25.4. The molecule has 2 N–H and O–H groups in total. The van der Waals surface area contributed by atoms with Gasteiger partial charge in [-0.15, -0.1) is 0 Å². The summed E-state index contributed by atoms with van der Waals surface area (Å²) in [5.74, 6) is 2.05. The minimum Gasteiger partial charge on any atom is -0.490 e. The number of pyridine rings is 1. The van der Waals surface area contributed by atoms with Gasteiger partial charge in [0.1, 0.15) is 12.4 Å². The Bertz CT molecular complexity index is 1200. The van der Waals surface area contributed by atoms with Crippen LogP contribution in [0.1, 0.15) is 55.0 Å². The Kier molecular flexibility index (Phi) is 7.42. The van der Waals surface area contributed by atoms with Crippen LogP contribution in [-0.4, -0.2) is 27.5 Å². The molecule has 0 saturated carbocycles. The first kappa shape index (κ1) is 23.3. The zero-order chi connectivity index (χ0) is 23.9. The number of aromatic nitrogens is 3. The van der Waals surface area contributed by atoms with E-state index in [-0.39, 0.29) is 11.9 Å². The van der Waals surface area contributed by atoms with Gasteiger partial charge in [-0.3, -0.25) is 9.78 Å². The first-order valence-corrected chi connectivity index (χ1v) is 11.6. The second-order valence-corrected chi connectivity index (χ2v) is 8.54. The van der Waals surface area contributed by atoms with Crippen molar-refractivity contribution >= 4 is 16.9 Å². The highest BCUT2D eigenvalue weighted by molar-refractivity contribution is 5.95. The van der Waals surface area contributed by atoms with Crippen molar-refractivity contribution < 1.29 is 14.3 Å². The van der Waals surface area contributed by atoms with E-state index in [4.69, 9.17) is 14.5 Å². The molecule has 0 aliphatic heterocycles. The van der Waals surface area contributed by atoms with Crippen LogP contribution in [0.4, 0.5) is 0 Å². The molecule has 7 heteroatoms. The number of imidazole rings is 1. The number of nitrogens with zero attached hydrogens (tertiary/aromatic N) is 2. The third-order valence-corrected chi connectivity index (χ3v) is 5.37. The average molecular weight is 459 g/mol. The predicted octanol–water partition coefficient (Wildman–Crippen LogP) is 5.45. The number of nitrogens with one attached hydrogen (secondary N) is 2. The molecule has 0 aliphatic rings. The Balaban J connectivity index is 1.53. The number of ether oxygens (including phenoxy) is 2. The van der Waals surface area contributed by atoms with Gasteiger partial charge in [0.25, 0.3) is 5.91 Å². The summed E-state index contributed by atoms with van der Waals surface area (Å²) in [5, 5.41) is 3.15. The van der Waals surface area contributed by atoms with Gasteiger partial charge in [-0.25, -0.2) is 4.98 Å². The number of hydrogen-bond donors (Lipinski definition) is 2. The van der Waals surface area contributed by atoms with Gasteiger partial charge in [0.15, 0.2) is 11.5 Å². The number of hydrogen-bond acceptors (Lipinski definition) is 5. The fourth-order valence-electron chi connectivity index (χ4n) is 3.77. The molecule has 0 saturated heterocycles. The zero-order valence-corrected chi connectivity index (χ0v) is 19.7. The number of carbonyl (C=O) groups excluding carboxylic acids is 1. The highest BCUT2D eigenvalue weighted by Crippen LogP contribution is 2.30. The molecular formula is C27H30N4O3. The molecule has 4 aromatic rings. The van der Waals surface area contributed by atoms with Crippen molar-refractivity contribution in [1.29, 1.82) is 0 Å². The number of aromatic amines is 1. The van der Waals surface area contributed by atoms with Crippen LogP contribution in [-0.2, 0) is 6.61 Å². The van der Waals surface area contributed by atoms with Crippen molar-refractivity contribution in [3.63, 3.8) is 0 Å². The van der Waals surface area contributed by atoms with Crippen LogP contribution in [0, 0.1) is 5.92 Å². The highest BCUT2D eigenvalue weighted by Gasteiger charge is 2.21. The molecule has 176 valence electrons. The third kappa shape index (κ3) is 5.73. The van der Waals surface area contributed by atoms with Crippen molar-refractivity contribution in [1.82, 2.24) is 20.3 Å². The topological polar surface area (TPSA) is 89.1 Å². The molecule has 1 amide bonds. The van der Waals surface area contributed by atoms with Gasteiger partial charge >= 0.3 is 0 Å². The summed E-state index contributed by atoms with van der Waals surface area (Å²) >= 11 is 0. The van der Waals surface area contributed by atoms with Crippen LogP contribution >= 0.6 is 0 Å². The van der Waals surface area contributed by atoms with Gasteiger partial charge in [-0.05, 0) is 55.7 Å². The molecule has 1 atom stereocenters. The Morgan fingerprint density at radius 1 is 1.06 bits per heavy atom. The quantitative estimate of drug-likeness (QED) is 0.330. The van der Waals surface area contributed by atoms with Crippen molar-refractivity contribution in [2.45, 2.75) is 39.8 Å². The van der Waals surface area contributed by atoms with E-state index < -0.39 is 0 Å². The van der Waals surface area contributed by atoms with E-state index in [0.717, 1.165) is 28.8 Å². The number of para-hydroxylation sites is 2. The number of amides is 1. The van der Waals surface area contributed by atoms with Gasteiger partial charge in [0.05, 0.1) is 23.7 Å². The lowest BCUT2D eigenvalue weighted by atomic mass is 10.0. The number of benzene rings is 2. The Labute approximate surface area is 199 Å². The number of fused-ring (bicyclic) bond motifs is 1. The fourth-order valence-corrected chi connectivity index (χ4v) is 3.77. The van der Waals surface area contributed by atoms with E-state index in [2.05, 4.69) is 29.1 Å². The monoisotopic (exact) mass is 458 g/mol. The van der Waals surface area contributed by atoms with E-state index in [9.17, 15) is 4.79 Å². The molecule has 0 spiro atoms. The van der Waals surface area contributed by atoms with E-state index in [1.54, 1.807) is 30.6 Å². The summed E-state index contributed by atoms with van der Waals surface area (Å²) in [6.45, 7) is 6.98. The summed E-state index contributed by atoms with van der Waals surface area (Å²) < 4.78 is 11.7. The van der Waals surface area contributed by atoms with Gasteiger partial charge in [-0.1, -0.05) is 32.0 Å². The maximum atomic E-state index is 13.2. The second kappa shape index (κ2) is 10.8. The summed E-state index contributed by atoms with van der Waals surface area (Å²) in [6.07, 6.45) is 4.24. The maximum absolute atomic E-state index is 13.2. The second-order valence-electron chi connectivity index (χ2n) is 8.54. The minimum absolute atomic E-state index is 0.189.